The summed E-state index contributed by atoms with van der Waals surface area (Å²) in [5.41, 5.74) is 0.812. The number of pyridine rings is 1. The van der Waals surface area contributed by atoms with E-state index in [1.165, 1.54) is 12.2 Å². The molecule has 0 radical (unpaired) electrons. The molecule has 0 saturated carbocycles. The second-order valence-corrected chi connectivity index (χ2v) is 7.38. The van der Waals surface area contributed by atoms with Crippen molar-refractivity contribution in [2.75, 3.05) is 29.9 Å². The lowest BCUT2D eigenvalue weighted by Gasteiger charge is -2.40. The molecule has 1 aliphatic heterocycles. The van der Waals surface area contributed by atoms with Crippen LogP contribution >= 0.6 is 34.2 Å². The Morgan fingerprint density at radius 3 is 2.96 bits per heavy atom. The molecule has 3 nitrogen and oxygen atoms in total. The van der Waals surface area contributed by atoms with Gasteiger partial charge in [0.1, 0.15) is 5.82 Å². The van der Waals surface area contributed by atoms with Crippen molar-refractivity contribution in [2.45, 2.75) is 11.1 Å². The van der Waals surface area contributed by atoms with Crippen LogP contribution in [-0.4, -0.2) is 35.7 Å². The van der Waals surface area contributed by atoms with Crippen molar-refractivity contribution < 1.29 is 13.2 Å². The summed E-state index contributed by atoms with van der Waals surface area (Å²) in [6.07, 6.45) is 2.75. The van der Waals surface area contributed by atoms with Crippen molar-refractivity contribution in [1.29, 1.82) is 0 Å². The number of halogens is 5. The average Bonchev–Trinajstić information content (AvgIpc) is 2.49. The van der Waals surface area contributed by atoms with Crippen LogP contribution in [0.4, 0.5) is 24.7 Å². The van der Waals surface area contributed by atoms with Crippen LogP contribution in [0, 0.1) is 9.49 Å². The molecule has 1 N–H and O–H groups in total. The minimum absolute atomic E-state index is 0.181. The van der Waals surface area contributed by atoms with Crippen molar-refractivity contribution >= 4 is 45.7 Å². The molecule has 1 aromatic rings. The Balaban J connectivity index is 1.89. The van der Waals surface area contributed by atoms with Crippen molar-refractivity contribution in [2.24, 2.45) is 5.92 Å². The molecule has 8 heteroatoms. The van der Waals surface area contributed by atoms with Gasteiger partial charge in [-0.05, 0) is 28.7 Å². The molecule has 0 bridgehead atoms. The Morgan fingerprint density at radius 2 is 2.22 bits per heavy atom. The normalized spacial score (nSPS) is 26.8. The Bertz CT molecular complexity index is 662. The highest BCUT2D eigenvalue weighted by Gasteiger charge is 2.56. The summed E-state index contributed by atoms with van der Waals surface area (Å²) in [5, 5.41) is 3.16. The smallest absolute Gasteiger partial charge is 0.367 e. The number of anilines is 2. The topological polar surface area (TPSA) is 28.2 Å². The number of hydrogen-bond donors (Lipinski definition) is 1. The average molecular weight is 456 g/mol. The van der Waals surface area contributed by atoms with E-state index in [9.17, 15) is 13.2 Å². The predicted molar refractivity (Wildman–Crippen MR) is 94.1 cm³/mol. The zero-order valence-corrected chi connectivity index (χ0v) is 14.9. The first-order valence-corrected chi connectivity index (χ1v) is 8.53. The summed E-state index contributed by atoms with van der Waals surface area (Å²) < 4.78 is 41.2. The van der Waals surface area contributed by atoms with Gasteiger partial charge in [-0.25, -0.2) is 4.98 Å². The quantitative estimate of drug-likeness (QED) is 0.535. The number of nitrogens with one attached hydrogen (secondary N) is 1. The molecule has 0 amide bonds. The second-order valence-electron chi connectivity index (χ2n) is 5.51. The maximum absolute atomic E-state index is 13.4. The van der Waals surface area contributed by atoms with Crippen molar-refractivity contribution in [3.05, 3.63) is 40.1 Å². The van der Waals surface area contributed by atoms with Gasteiger partial charge in [0.2, 0.25) is 0 Å². The van der Waals surface area contributed by atoms with Gasteiger partial charge in [0.25, 0.3) is 0 Å². The van der Waals surface area contributed by atoms with Crippen LogP contribution in [0.5, 0.6) is 0 Å². The van der Waals surface area contributed by atoms with E-state index in [-0.39, 0.29) is 6.54 Å². The molecule has 2 atom stereocenters. The Kier molecular flexibility index (Phi) is 4.52. The van der Waals surface area contributed by atoms with E-state index >= 15 is 0 Å². The molecule has 0 fully saturated rings. The Hall–Kier alpha value is -0.960. The van der Waals surface area contributed by atoms with Gasteiger partial charge in [0, 0.05) is 35.3 Å². The van der Waals surface area contributed by atoms with E-state index in [0.717, 1.165) is 15.3 Å². The maximum atomic E-state index is 13.4. The van der Waals surface area contributed by atoms with Gasteiger partial charge < -0.3 is 10.2 Å². The van der Waals surface area contributed by atoms with Crippen molar-refractivity contribution in [3.63, 3.8) is 0 Å². The summed E-state index contributed by atoms with van der Waals surface area (Å²) in [6.45, 7) is 1.42. The van der Waals surface area contributed by atoms with Crippen LogP contribution in [0.2, 0.25) is 0 Å². The summed E-state index contributed by atoms with van der Waals surface area (Å²) in [5.74, 6) is -0.169. The number of fused-ring (bicyclic) bond motifs is 1. The molecule has 1 aromatic heterocycles. The van der Waals surface area contributed by atoms with Crippen LogP contribution in [-0.2, 0) is 0 Å². The van der Waals surface area contributed by atoms with E-state index in [1.54, 1.807) is 12.3 Å². The SMILES string of the molecule is FC(F)(F)C1(Cl)C=CC=CC1CN1CCNc2ncc(I)cc21. The predicted octanol–water partition coefficient (Wildman–Crippen LogP) is 4.20. The minimum Gasteiger partial charge on any atom is -0.367 e. The molecule has 124 valence electrons. The largest absolute Gasteiger partial charge is 0.411 e. The Labute approximate surface area is 150 Å². The van der Waals surface area contributed by atoms with Crippen LogP contribution in [0.1, 0.15) is 0 Å². The van der Waals surface area contributed by atoms with Gasteiger partial charge in [-0.1, -0.05) is 24.3 Å². The summed E-state index contributed by atoms with van der Waals surface area (Å²) in [6, 6.07) is 1.92. The van der Waals surface area contributed by atoms with Crippen LogP contribution in [0.15, 0.2) is 36.6 Å². The number of rotatable bonds is 2. The lowest BCUT2D eigenvalue weighted by Crippen LogP contribution is -2.50. The monoisotopic (exact) mass is 455 g/mol. The van der Waals surface area contributed by atoms with E-state index < -0.39 is 17.0 Å². The first-order valence-electron chi connectivity index (χ1n) is 7.07. The van der Waals surface area contributed by atoms with Gasteiger partial charge in [-0.3, -0.25) is 0 Å². The van der Waals surface area contributed by atoms with E-state index in [0.29, 0.717) is 18.9 Å². The van der Waals surface area contributed by atoms with Gasteiger partial charge in [-0.2, -0.15) is 13.2 Å². The van der Waals surface area contributed by atoms with Gasteiger partial charge in [0.15, 0.2) is 4.87 Å². The van der Waals surface area contributed by atoms with Gasteiger partial charge in [0.05, 0.1) is 5.69 Å². The molecule has 2 unspecified atom stereocenters. The van der Waals surface area contributed by atoms with Gasteiger partial charge in [-0.15, -0.1) is 11.6 Å². The third kappa shape index (κ3) is 3.17. The summed E-state index contributed by atoms with van der Waals surface area (Å²) in [4.78, 5) is 3.84. The van der Waals surface area contributed by atoms with Crippen LogP contribution in [0.25, 0.3) is 0 Å². The number of nitrogens with zero attached hydrogens (tertiary/aromatic N) is 2. The molecule has 0 saturated heterocycles. The molecule has 1 aliphatic carbocycles. The highest BCUT2D eigenvalue weighted by molar-refractivity contribution is 14.1. The molecular formula is C15H14ClF3IN3. The first kappa shape index (κ1) is 16.9. The summed E-state index contributed by atoms with van der Waals surface area (Å²) >= 11 is 8.11. The molecule has 2 heterocycles. The van der Waals surface area contributed by atoms with E-state index in [4.69, 9.17) is 11.6 Å². The number of alkyl halides is 4. The molecule has 0 aromatic carbocycles. The zero-order chi connectivity index (χ0) is 16.7. The van der Waals surface area contributed by atoms with Crippen LogP contribution < -0.4 is 10.2 Å². The molecule has 2 aliphatic rings. The van der Waals surface area contributed by atoms with Gasteiger partial charge >= 0.3 is 6.18 Å². The number of aromatic nitrogens is 1. The maximum Gasteiger partial charge on any atom is 0.411 e. The lowest BCUT2D eigenvalue weighted by atomic mass is 9.86. The van der Waals surface area contributed by atoms with Crippen molar-refractivity contribution in [1.82, 2.24) is 4.98 Å². The first-order chi connectivity index (χ1) is 10.8. The third-order valence-corrected chi connectivity index (χ3v) is 5.24. The van der Waals surface area contributed by atoms with Crippen molar-refractivity contribution in [3.8, 4) is 0 Å². The van der Waals surface area contributed by atoms with Crippen LogP contribution in [0.3, 0.4) is 0 Å². The zero-order valence-electron chi connectivity index (χ0n) is 11.9. The highest BCUT2D eigenvalue weighted by atomic mass is 127. The standard InChI is InChI=1S/C15H14ClF3IN3/c16-14(15(17,18)19)4-2-1-3-10(14)9-23-6-5-21-13-12(23)7-11(20)8-22-13/h1-4,7-8,10H,5-6,9H2,(H,21,22). The van der Waals surface area contributed by atoms with E-state index in [1.807, 2.05) is 11.0 Å². The highest BCUT2D eigenvalue weighted by Crippen LogP contribution is 2.46. The fourth-order valence-electron chi connectivity index (χ4n) is 2.82. The molecular weight excluding hydrogens is 442 g/mol. The molecule has 3 rings (SSSR count). The number of hydrogen-bond acceptors (Lipinski definition) is 3. The third-order valence-electron chi connectivity index (χ3n) is 4.03. The number of allylic oxidation sites excluding steroid dienone is 3. The fraction of sp³-hybridized carbons (Fsp3) is 0.400. The Morgan fingerprint density at radius 1 is 1.43 bits per heavy atom. The molecule has 0 spiro atoms. The molecule has 23 heavy (non-hydrogen) atoms. The second kappa shape index (κ2) is 6.16. The summed E-state index contributed by atoms with van der Waals surface area (Å²) in [7, 11) is 0. The fourth-order valence-corrected chi connectivity index (χ4v) is 3.47. The minimum atomic E-state index is -4.51. The van der Waals surface area contributed by atoms with E-state index in [2.05, 4.69) is 32.9 Å². The lowest BCUT2D eigenvalue weighted by molar-refractivity contribution is -0.158.